The Bertz CT molecular complexity index is 662. The number of anilines is 1. The molecule has 4 nitrogen and oxygen atoms in total. The summed E-state index contributed by atoms with van der Waals surface area (Å²) < 4.78 is 0.836. The molecule has 2 amide bonds. The van der Waals surface area contributed by atoms with Crippen LogP contribution in [0.15, 0.2) is 48.5 Å². The number of carbonyl (C=O) groups is 2. The van der Waals surface area contributed by atoms with Crippen molar-refractivity contribution in [3.05, 3.63) is 62.7 Å². The van der Waals surface area contributed by atoms with Crippen molar-refractivity contribution in [1.29, 1.82) is 0 Å². The molecule has 2 aromatic carbocycles. The lowest BCUT2D eigenvalue weighted by Gasteiger charge is -2.09. The van der Waals surface area contributed by atoms with Gasteiger partial charge in [0, 0.05) is 14.2 Å². The van der Waals surface area contributed by atoms with Gasteiger partial charge in [0.2, 0.25) is 5.91 Å². The van der Waals surface area contributed by atoms with Crippen LogP contribution < -0.4 is 10.6 Å². The maximum atomic E-state index is 11.8. The van der Waals surface area contributed by atoms with Crippen LogP contribution in [0.25, 0.3) is 0 Å². The van der Waals surface area contributed by atoms with Crippen molar-refractivity contribution in [3.8, 4) is 0 Å². The number of nitrogens with one attached hydrogen (secondary N) is 2. The van der Waals surface area contributed by atoms with Crippen molar-refractivity contribution >= 4 is 51.7 Å². The van der Waals surface area contributed by atoms with E-state index < -0.39 is 0 Å². The topological polar surface area (TPSA) is 58.2 Å². The average Bonchev–Trinajstić information content (AvgIpc) is 2.48. The maximum absolute atomic E-state index is 11.8. The summed E-state index contributed by atoms with van der Waals surface area (Å²) in [6.07, 6.45) is 0. The first kappa shape index (κ1) is 15.8. The zero-order valence-corrected chi connectivity index (χ0v) is 13.8. The second-order valence-electron chi connectivity index (χ2n) is 4.22. The Morgan fingerprint density at radius 1 is 1.10 bits per heavy atom. The van der Waals surface area contributed by atoms with Crippen molar-refractivity contribution in [3.63, 3.8) is 0 Å². The van der Waals surface area contributed by atoms with Gasteiger partial charge in [-0.15, -0.1) is 0 Å². The van der Waals surface area contributed by atoms with Gasteiger partial charge in [0.25, 0.3) is 5.91 Å². The summed E-state index contributed by atoms with van der Waals surface area (Å²) in [6, 6.07) is 13.9. The summed E-state index contributed by atoms with van der Waals surface area (Å²) in [7, 11) is 0. The molecular formula is C15H12ClIN2O2. The third-order valence-corrected chi connectivity index (χ3v) is 3.78. The lowest BCUT2D eigenvalue weighted by Crippen LogP contribution is -2.32. The standard InChI is InChI=1S/C15H12ClIN2O2/c16-11-6-7-13(12(17)8-11)19-14(20)9-18-15(21)10-4-2-1-3-5-10/h1-8H,9H2,(H,18,21)(H,19,20). The van der Waals surface area contributed by atoms with E-state index in [2.05, 4.69) is 33.2 Å². The van der Waals surface area contributed by atoms with E-state index in [-0.39, 0.29) is 18.4 Å². The predicted octanol–water partition coefficient (Wildman–Crippen LogP) is 3.31. The maximum Gasteiger partial charge on any atom is 0.251 e. The fourth-order valence-corrected chi connectivity index (χ4v) is 2.64. The van der Waals surface area contributed by atoms with E-state index in [1.807, 2.05) is 6.07 Å². The molecule has 0 aliphatic carbocycles. The molecule has 0 atom stereocenters. The van der Waals surface area contributed by atoms with Crippen molar-refractivity contribution in [2.24, 2.45) is 0 Å². The summed E-state index contributed by atoms with van der Waals surface area (Å²) in [5, 5.41) is 5.90. The number of hydrogen-bond donors (Lipinski definition) is 2. The first-order valence-corrected chi connectivity index (χ1v) is 7.60. The van der Waals surface area contributed by atoms with E-state index in [4.69, 9.17) is 11.6 Å². The molecule has 0 saturated carbocycles. The van der Waals surface area contributed by atoms with E-state index in [0.717, 1.165) is 3.57 Å². The smallest absolute Gasteiger partial charge is 0.251 e. The first-order valence-electron chi connectivity index (χ1n) is 6.14. The highest BCUT2D eigenvalue weighted by molar-refractivity contribution is 14.1. The van der Waals surface area contributed by atoms with Crippen molar-refractivity contribution in [2.75, 3.05) is 11.9 Å². The summed E-state index contributed by atoms with van der Waals surface area (Å²) >= 11 is 7.93. The zero-order valence-electron chi connectivity index (χ0n) is 10.9. The van der Waals surface area contributed by atoms with Crippen molar-refractivity contribution in [2.45, 2.75) is 0 Å². The lowest BCUT2D eigenvalue weighted by atomic mass is 10.2. The monoisotopic (exact) mass is 414 g/mol. The molecular weight excluding hydrogens is 403 g/mol. The Morgan fingerprint density at radius 3 is 2.48 bits per heavy atom. The molecule has 6 heteroatoms. The molecule has 0 unspecified atom stereocenters. The predicted molar refractivity (Wildman–Crippen MR) is 91.6 cm³/mol. The molecule has 0 spiro atoms. The second kappa shape index (κ2) is 7.42. The van der Waals surface area contributed by atoms with E-state index >= 15 is 0 Å². The van der Waals surface area contributed by atoms with E-state index in [9.17, 15) is 9.59 Å². The average molecular weight is 415 g/mol. The minimum atomic E-state index is -0.292. The van der Waals surface area contributed by atoms with E-state index in [1.165, 1.54) is 0 Å². The molecule has 0 aromatic heterocycles. The van der Waals surface area contributed by atoms with Crippen LogP contribution in [0.4, 0.5) is 5.69 Å². The van der Waals surface area contributed by atoms with Crippen LogP contribution in [0, 0.1) is 3.57 Å². The fourth-order valence-electron chi connectivity index (χ4n) is 1.64. The van der Waals surface area contributed by atoms with Gasteiger partial charge in [-0.3, -0.25) is 9.59 Å². The van der Waals surface area contributed by atoms with Crippen LogP contribution in [0.2, 0.25) is 5.02 Å². The highest BCUT2D eigenvalue weighted by Gasteiger charge is 2.09. The van der Waals surface area contributed by atoms with Gasteiger partial charge in [-0.1, -0.05) is 29.8 Å². The van der Waals surface area contributed by atoms with Gasteiger partial charge < -0.3 is 10.6 Å². The molecule has 0 aliphatic heterocycles. The molecule has 108 valence electrons. The summed E-state index contributed by atoms with van der Waals surface area (Å²) in [5.41, 5.74) is 1.19. The van der Waals surface area contributed by atoms with Crippen LogP contribution in [-0.2, 0) is 4.79 Å². The van der Waals surface area contributed by atoms with Crippen molar-refractivity contribution in [1.82, 2.24) is 5.32 Å². The molecule has 2 aromatic rings. The number of rotatable bonds is 4. The van der Waals surface area contributed by atoms with Crippen LogP contribution in [0.3, 0.4) is 0 Å². The Hall–Kier alpha value is -1.60. The molecule has 2 rings (SSSR count). The van der Waals surface area contributed by atoms with Gasteiger partial charge in [0.05, 0.1) is 12.2 Å². The Labute approximate surface area is 141 Å². The Balaban J connectivity index is 1.89. The number of amides is 2. The van der Waals surface area contributed by atoms with Gasteiger partial charge in [0.15, 0.2) is 0 Å². The SMILES string of the molecule is O=C(CNC(=O)c1ccccc1)Nc1ccc(Cl)cc1I. The van der Waals surface area contributed by atoms with Crippen LogP contribution >= 0.6 is 34.2 Å². The molecule has 0 bridgehead atoms. The van der Waals surface area contributed by atoms with E-state index in [1.54, 1.807) is 42.5 Å². The second-order valence-corrected chi connectivity index (χ2v) is 5.82. The van der Waals surface area contributed by atoms with Crippen LogP contribution in [0.1, 0.15) is 10.4 Å². The summed E-state index contributed by atoms with van der Waals surface area (Å²) in [5.74, 6) is -0.573. The molecule has 0 heterocycles. The molecule has 0 saturated heterocycles. The Kier molecular flexibility index (Phi) is 5.58. The molecule has 0 radical (unpaired) electrons. The highest BCUT2D eigenvalue weighted by Crippen LogP contribution is 2.22. The van der Waals surface area contributed by atoms with Gasteiger partial charge in [-0.2, -0.15) is 0 Å². The number of benzene rings is 2. The minimum absolute atomic E-state index is 0.0908. The normalized spacial score (nSPS) is 10.0. The summed E-state index contributed by atoms with van der Waals surface area (Å²) in [4.78, 5) is 23.6. The lowest BCUT2D eigenvalue weighted by molar-refractivity contribution is -0.115. The number of carbonyl (C=O) groups excluding carboxylic acids is 2. The zero-order chi connectivity index (χ0) is 15.2. The fraction of sp³-hybridized carbons (Fsp3) is 0.0667. The minimum Gasteiger partial charge on any atom is -0.343 e. The van der Waals surface area contributed by atoms with Gasteiger partial charge in [-0.25, -0.2) is 0 Å². The molecule has 2 N–H and O–H groups in total. The van der Waals surface area contributed by atoms with Gasteiger partial charge in [0.1, 0.15) is 0 Å². The first-order chi connectivity index (χ1) is 10.1. The number of halogens is 2. The molecule has 0 aliphatic rings. The van der Waals surface area contributed by atoms with Gasteiger partial charge >= 0.3 is 0 Å². The highest BCUT2D eigenvalue weighted by atomic mass is 127. The molecule has 21 heavy (non-hydrogen) atoms. The van der Waals surface area contributed by atoms with Gasteiger partial charge in [-0.05, 0) is 52.9 Å². The third-order valence-electron chi connectivity index (χ3n) is 2.65. The van der Waals surface area contributed by atoms with Crippen LogP contribution in [0.5, 0.6) is 0 Å². The van der Waals surface area contributed by atoms with Crippen molar-refractivity contribution < 1.29 is 9.59 Å². The summed E-state index contributed by atoms with van der Waals surface area (Å²) in [6.45, 7) is -0.0908. The largest absolute Gasteiger partial charge is 0.343 e. The third kappa shape index (κ3) is 4.71. The van der Waals surface area contributed by atoms with E-state index in [0.29, 0.717) is 16.3 Å². The van der Waals surface area contributed by atoms with Crippen LogP contribution in [-0.4, -0.2) is 18.4 Å². The molecule has 0 fully saturated rings. The number of hydrogen-bond acceptors (Lipinski definition) is 2. The Morgan fingerprint density at radius 2 is 1.81 bits per heavy atom. The quantitative estimate of drug-likeness (QED) is 0.754.